The molecule has 4 rings (SSSR count). The Morgan fingerprint density at radius 2 is 0.980 bits per heavy atom. The monoisotopic (exact) mass is 1730 g/mol. The van der Waals surface area contributed by atoms with Crippen molar-refractivity contribution in [3.63, 3.8) is 0 Å². The lowest BCUT2D eigenvalue weighted by Gasteiger charge is -2.41. The molecular weight excluding hydrogens is 1700 g/mol. The van der Waals surface area contributed by atoms with Gasteiger partial charge < -0.3 is 20.7 Å². The summed E-state index contributed by atoms with van der Waals surface area (Å²) in [6.07, 6.45) is 0.186. The maximum Gasteiger partial charge on any atom is 0.313 e. The fourth-order valence-electron chi connectivity index (χ4n) is 5.29. The second-order valence-corrected chi connectivity index (χ2v) is 23.1. The number of benzene rings is 3. The van der Waals surface area contributed by atoms with Crippen LogP contribution in [0.2, 0.25) is 0 Å². The van der Waals surface area contributed by atoms with E-state index in [1.165, 1.54) is 0 Å². The van der Waals surface area contributed by atoms with Crippen molar-refractivity contribution in [3.8, 4) is 0 Å². The summed E-state index contributed by atoms with van der Waals surface area (Å²) >= 11 is 19.1. The summed E-state index contributed by atoms with van der Waals surface area (Å²) in [4.78, 5) is 55.5. The maximum atomic E-state index is 13.9. The molecule has 3 aromatic rings. The molecule has 0 saturated heterocycles. The van der Waals surface area contributed by atoms with Crippen LogP contribution in [-0.2, 0) is 19.6 Å². The number of ether oxygens (including phenoxy) is 1. The third-order valence-electron chi connectivity index (χ3n) is 7.48. The quantitative estimate of drug-likeness (QED) is 0.0695. The smallest absolute Gasteiger partial charge is 0.313 e. The molecule has 274 valence electrons. The van der Waals surface area contributed by atoms with Crippen molar-refractivity contribution in [1.82, 2.24) is 16.0 Å². The number of carbonyl (C=O) groups is 4. The first-order valence-electron chi connectivity index (χ1n) is 14.2. The third kappa shape index (κ3) is 12.8. The summed E-state index contributed by atoms with van der Waals surface area (Å²) in [6, 6.07) is 8.46. The molecule has 1 fully saturated rings. The standard InChI is InChI=1S/C30H22I9N3O8S/c31-11-3-15(24(37)18(34)6-11)27(43)40-14-9-21(41-28(44)16-4-12(32)7-19(35)25(16)38)23(30(46)50-1-2-51(47,48)49)22(10-14)42-29(45)17-5-13(33)8-20(36)26(17)39/h3-8,14,21-23H,1-2,9-10H2,(H,40,43)(H,41,44)(H,42,45)(H,47,48,49). The summed E-state index contributed by atoms with van der Waals surface area (Å²) < 4.78 is 44.8. The Morgan fingerprint density at radius 3 is 1.33 bits per heavy atom. The average Bonchev–Trinajstić information content (AvgIpc) is 3.01. The average molecular weight is 1730 g/mol. The fraction of sp³-hybridized carbons (Fsp3) is 0.267. The van der Waals surface area contributed by atoms with Gasteiger partial charge in [-0.25, -0.2) is 0 Å². The Morgan fingerprint density at radius 1 is 0.627 bits per heavy atom. The van der Waals surface area contributed by atoms with E-state index in [1.54, 1.807) is 18.2 Å². The number of amides is 3. The number of halogens is 9. The molecular formula is C30H22I9N3O8S. The second-order valence-electron chi connectivity index (χ2n) is 11.0. The van der Waals surface area contributed by atoms with Crippen molar-refractivity contribution in [2.75, 3.05) is 12.4 Å². The van der Waals surface area contributed by atoms with Crippen molar-refractivity contribution in [1.29, 1.82) is 0 Å². The van der Waals surface area contributed by atoms with Gasteiger partial charge in [-0.05, 0) is 253 Å². The first-order chi connectivity index (χ1) is 23.7. The Labute approximate surface area is 416 Å². The summed E-state index contributed by atoms with van der Waals surface area (Å²) in [5, 5.41) is 9.04. The highest BCUT2D eigenvalue weighted by Crippen LogP contribution is 2.31. The summed E-state index contributed by atoms with van der Waals surface area (Å²) in [5.41, 5.74) is 1.22. The SMILES string of the molecule is O=C(NC1CC(NC(=O)c2cc(I)cc(I)c2I)C(C(=O)OCCS(=O)(=O)O)C(NC(=O)c2cc(I)cc(I)c2I)C1)c1cc(I)cc(I)c1I. The first kappa shape index (κ1) is 45.7. The number of hydrogen-bond acceptors (Lipinski definition) is 7. The van der Waals surface area contributed by atoms with E-state index in [1.807, 2.05) is 18.2 Å². The molecule has 11 nitrogen and oxygen atoms in total. The van der Waals surface area contributed by atoms with Gasteiger partial charge in [0.05, 0.1) is 22.6 Å². The molecule has 0 spiro atoms. The first-order valence-corrected chi connectivity index (χ1v) is 25.6. The number of carbonyl (C=O) groups excluding carboxylic acids is 4. The van der Waals surface area contributed by atoms with Gasteiger partial charge in [-0.3, -0.25) is 23.7 Å². The van der Waals surface area contributed by atoms with Gasteiger partial charge in [-0.2, -0.15) is 8.42 Å². The number of hydrogen-bond donors (Lipinski definition) is 4. The van der Waals surface area contributed by atoms with E-state index in [9.17, 15) is 32.1 Å². The Kier molecular flexibility index (Phi) is 18.0. The predicted octanol–water partition coefficient (Wildman–Crippen LogP) is 7.66. The molecule has 1 aliphatic rings. The van der Waals surface area contributed by atoms with Gasteiger partial charge in [0, 0.05) is 50.3 Å². The lowest BCUT2D eigenvalue weighted by Crippen LogP contribution is -2.61. The van der Waals surface area contributed by atoms with Crippen LogP contribution in [0.15, 0.2) is 36.4 Å². The van der Waals surface area contributed by atoms with Gasteiger partial charge in [0.1, 0.15) is 12.4 Å². The van der Waals surface area contributed by atoms with Crippen LogP contribution in [0, 0.1) is 38.0 Å². The summed E-state index contributed by atoms with van der Waals surface area (Å²) in [6.45, 7) is -0.640. The minimum Gasteiger partial charge on any atom is -0.464 e. The van der Waals surface area contributed by atoms with E-state index >= 15 is 0 Å². The lowest BCUT2D eigenvalue weighted by molar-refractivity contribution is -0.151. The highest BCUT2D eigenvalue weighted by atomic mass is 127. The number of nitrogens with one attached hydrogen (secondary N) is 3. The summed E-state index contributed by atoms with van der Waals surface area (Å²) in [7, 11) is -4.44. The third-order valence-corrected chi connectivity index (χ3v) is 19.2. The van der Waals surface area contributed by atoms with Crippen LogP contribution < -0.4 is 16.0 Å². The van der Waals surface area contributed by atoms with Gasteiger partial charge in [0.25, 0.3) is 27.8 Å². The van der Waals surface area contributed by atoms with Crippen LogP contribution in [0.3, 0.4) is 0 Å². The number of rotatable bonds is 10. The molecule has 0 radical (unpaired) electrons. The zero-order chi connectivity index (χ0) is 37.9. The Bertz CT molecular complexity index is 1940. The van der Waals surface area contributed by atoms with Gasteiger partial charge in [-0.1, -0.05) is 0 Å². The van der Waals surface area contributed by atoms with Crippen molar-refractivity contribution in [2.24, 2.45) is 5.92 Å². The molecule has 3 amide bonds. The van der Waals surface area contributed by atoms with Gasteiger partial charge in [-0.15, -0.1) is 0 Å². The van der Waals surface area contributed by atoms with Crippen molar-refractivity contribution >= 4 is 237 Å². The predicted molar refractivity (Wildman–Crippen MR) is 268 cm³/mol. The van der Waals surface area contributed by atoms with E-state index in [-0.39, 0.29) is 18.7 Å². The van der Waals surface area contributed by atoms with E-state index < -0.39 is 64.3 Å². The van der Waals surface area contributed by atoms with Crippen LogP contribution in [0.5, 0.6) is 0 Å². The minimum absolute atomic E-state index is 0.0930. The van der Waals surface area contributed by atoms with E-state index in [2.05, 4.69) is 219 Å². The molecule has 2 atom stereocenters. The largest absolute Gasteiger partial charge is 0.464 e. The highest BCUT2D eigenvalue weighted by Gasteiger charge is 2.45. The van der Waals surface area contributed by atoms with Gasteiger partial charge >= 0.3 is 5.97 Å². The molecule has 51 heavy (non-hydrogen) atoms. The molecule has 3 aromatic carbocycles. The maximum absolute atomic E-state index is 13.9. The van der Waals surface area contributed by atoms with Crippen molar-refractivity contribution in [3.05, 3.63) is 85.2 Å². The molecule has 0 aliphatic heterocycles. The van der Waals surface area contributed by atoms with Crippen LogP contribution in [-0.4, -0.2) is 67.1 Å². The zero-order valence-corrected chi connectivity index (χ0v) is 45.5. The van der Waals surface area contributed by atoms with Crippen molar-refractivity contribution < 1.29 is 36.9 Å². The van der Waals surface area contributed by atoms with Gasteiger partial charge in [0.15, 0.2) is 0 Å². The second kappa shape index (κ2) is 20.1. The molecule has 21 heteroatoms. The Hall–Kier alpha value is 2.02. The topological polar surface area (TPSA) is 168 Å². The molecule has 0 heterocycles. The number of esters is 1. The van der Waals surface area contributed by atoms with E-state index in [0.717, 1.165) is 25.0 Å². The van der Waals surface area contributed by atoms with E-state index in [0.29, 0.717) is 23.8 Å². The molecule has 4 N–H and O–H groups in total. The van der Waals surface area contributed by atoms with Crippen LogP contribution >= 0.6 is 203 Å². The Balaban J connectivity index is 1.77. The van der Waals surface area contributed by atoms with Crippen LogP contribution in [0.4, 0.5) is 0 Å². The molecule has 2 unspecified atom stereocenters. The van der Waals surface area contributed by atoms with E-state index in [4.69, 9.17) is 4.74 Å². The normalized spacial score (nSPS) is 18.9. The summed E-state index contributed by atoms with van der Waals surface area (Å²) in [5.74, 6) is -4.20. The molecule has 1 aliphatic carbocycles. The molecule has 0 aromatic heterocycles. The van der Waals surface area contributed by atoms with Crippen LogP contribution in [0.25, 0.3) is 0 Å². The lowest BCUT2D eigenvalue weighted by atomic mass is 9.77. The van der Waals surface area contributed by atoms with Crippen LogP contribution in [0.1, 0.15) is 43.9 Å². The van der Waals surface area contributed by atoms with Gasteiger partial charge in [0.2, 0.25) is 0 Å². The molecule has 1 saturated carbocycles. The zero-order valence-electron chi connectivity index (χ0n) is 25.2. The highest BCUT2D eigenvalue weighted by molar-refractivity contribution is 14.1. The fourth-order valence-corrected chi connectivity index (χ4v) is 12.8. The molecule has 0 bridgehead atoms. The minimum atomic E-state index is -4.44. The van der Waals surface area contributed by atoms with Crippen molar-refractivity contribution in [2.45, 2.75) is 31.0 Å².